The highest BCUT2D eigenvalue weighted by atomic mass is 19.4. The van der Waals surface area contributed by atoms with Crippen molar-refractivity contribution in [1.82, 2.24) is 0 Å². The van der Waals surface area contributed by atoms with Crippen LogP contribution in [0.1, 0.15) is 50.2 Å². The fourth-order valence-corrected chi connectivity index (χ4v) is 3.53. The molecule has 0 N–H and O–H groups in total. The molecule has 24 heavy (non-hydrogen) atoms. The minimum atomic E-state index is -4.42. The first-order valence-electron chi connectivity index (χ1n) is 7.87. The summed E-state index contributed by atoms with van der Waals surface area (Å²) in [5, 5.41) is 0. The Morgan fingerprint density at radius 3 is 2.25 bits per heavy atom. The Bertz CT molecular complexity index is 617. The Morgan fingerprint density at radius 1 is 1.17 bits per heavy atom. The number of carbonyl (C=O) groups is 2. The molecule has 0 radical (unpaired) electrons. The summed E-state index contributed by atoms with van der Waals surface area (Å²) in [6.07, 6.45) is -2.72. The molecule has 1 aliphatic carbocycles. The summed E-state index contributed by atoms with van der Waals surface area (Å²) >= 11 is 0. The molecule has 0 heterocycles. The summed E-state index contributed by atoms with van der Waals surface area (Å²) < 4.78 is 43.0. The second-order valence-electron chi connectivity index (χ2n) is 6.78. The van der Waals surface area contributed by atoms with E-state index in [2.05, 4.69) is 0 Å². The van der Waals surface area contributed by atoms with Crippen molar-refractivity contribution in [1.29, 1.82) is 0 Å². The quantitative estimate of drug-likeness (QED) is 0.767. The van der Waals surface area contributed by atoms with Gasteiger partial charge in [0.25, 0.3) is 0 Å². The van der Waals surface area contributed by atoms with Gasteiger partial charge in [0, 0.05) is 12.3 Å². The van der Waals surface area contributed by atoms with Crippen molar-refractivity contribution in [3.63, 3.8) is 0 Å². The fourth-order valence-electron chi connectivity index (χ4n) is 3.53. The number of Topliss-reactive ketones (excluding diaryl/α,β-unsaturated/α-hetero) is 1. The van der Waals surface area contributed by atoms with Crippen molar-refractivity contribution >= 4 is 11.8 Å². The van der Waals surface area contributed by atoms with Gasteiger partial charge < -0.3 is 4.74 Å². The van der Waals surface area contributed by atoms with Crippen LogP contribution in [0, 0.1) is 11.3 Å². The lowest BCUT2D eigenvalue weighted by molar-refractivity contribution is -0.156. The van der Waals surface area contributed by atoms with Crippen molar-refractivity contribution in [3.8, 4) is 0 Å². The number of methoxy groups -OCH3 is 1. The standard InChI is InChI=1S/C18H21F3O3/c1-17(2,16(23)24-3)13-5-4-6-14(22)15(13)11-7-9-12(10-8-11)18(19,20)21/h7-10,13,15H,4-6H2,1-3H3/t13-,15+/m1/s1. The van der Waals surface area contributed by atoms with E-state index in [1.54, 1.807) is 13.8 Å². The Kier molecular flexibility index (Phi) is 5.06. The van der Waals surface area contributed by atoms with Crippen molar-refractivity contribution in [2.75, 3.05) is 7.11 Å². The predicted octanol–water partition coefficient (Wildman–Crippen LogP) is 4.36. The molecule has 6 heteroatoms. The van der Waals surface area contributed by atoms with Crippen LogP contribution in [0.2, 0.25) is 0 Å². The minimum absolute atomic E-state index is 0.0389. The molecule has 3 nitrogen and oxygen atoms in total. The molecular weight excluding hydrogens is 321 g/mol. The maximum atomic E-state index is 12.7. The van der Waals surface area contributed by atoms with E-state index in [1.807, 2.05) is 0 Å². The average Bonchev–Trinajstić information content (AvgIpc) is 2.53. The third-order valence-electron chi connectivity index (χ3n) is 4.92. The molecule has 0 spiro atoms. The van der Waals surface area contributed by atoms with Gasteiger partial charge in [-0.3, -0.25) is 9.59 Å². The molecule has 0 unspecified atom stereocenters. The summed E-state index contributed by atoms with van der Waals surface area (Å²) in [7, 11) is 1.29. The van der Waals surface area contributed by atoms with Gasteiger partial charge in [0.05, 0.1) is 18.1 Å². The lowest BCUT2D eigenvalue weighted by Crippen LogP contribution is -2.42. The van der Waals surface area contributed by atoms with E-state index >= 15 is 0 Å². The van der Waals surface area contributed by atoms with Crippen LogP contribution in [0.4, 0.5) is 13.2 Å². The average molecular weight is 342 g/mol. The van der Waals surface area contributed by atoms with Crippen LogP contribution in [-0.2, 0) is 20.5 Å². The van der Waals surface area contributed by atoms with Crippen molar-refractivity contribution in [2.24, 2.45) is 11.3 Å². The second kappa shape index (κ2) is 6.57. The SMILES string of the molecule is COC(=O)C(C)(C)[C@@H]1CCCC(=O)[C@H]1c1ccc(C(F)(F)F)cc1. The third-order valence-corrected chi connectivity index (χ3v) is 4.92. The maximum Gasteiger partial charge on any atom is 0.416 e. The molecule has 0 saturated heterocycles. The topological polar surface area (TPSA) is 43.4 Å². The van der Waals surface area contributed by atoms with Gasteiger partial charge in [-0.2, -0.15) is 13.2 Å². The highest BCUT2D eigenvalue weighted by Gasteiger charge is 2.46. The summed E-state index contributed by atoms with van der Waals surface area (Å²) in [4.78, 5) is 24.6. The van der Waals surface area contributed by atoms with Gasteiger partial charge >= 0.3 is 12.1 Å². The molecule has 1 saturated carbocycles. The zero-order chi connectivity index (χ0) is 18.1. The normalized spacial score (nSPS) is 22.3. The summed E-state index contributed by atoms with van der Waals surface area (Å²) in [5.41, 5.74) is -1.12. The predicted molar refractivity (Wildman–Crippen MR) is 82.3 cm³/mol. The van der Waals surface area contributed by atoms with E-state index in [1.165, 1.54) is 19.2 Å². The van der Waals surface area contributed by atoms with Gasteiger partial charge in [0.1, 0.15) is 5.78 Å². The van der Waals surface area contributed by atoms with Crippen LogP contribution in [-0.4, -0.2) is 18.9 Å². The zero-order valence-electron chi connectivity index (χ0n) is 13.9. The van der Waals surface area contributed by atoms with Crippen LogP contribution < -0.4 is 0 Å². The lowest BCUT2D eigenvalue weighted by Gasteiger charge is -2.40. The summed E-state index contributed by atoms with van der Waals surface area (Å²) in [6, 6.07) is 4.66. The first kappa shape index (κ1) is 18.5. The van der Waals surface area contributed by atoms with Gasteiger partial charge in [-0.05, 0) is 50.3 Å². The van der Waals surface area contributed by atoms with E-state index in [0.29, 0.717) is 24.8 Å². The third kappa shape index (κ3) is 3.47. The number of hydrogen-bond donors (Lipinski definition) is 0. The minimum Gasteiger partial charge on any atom is -0.469 e. The largest absolute Gasteiger partial charge is 0.469 e. The molecule has 2 rings (SSSR count). The van der Waals surface area contributed by atoms with Crippen molar-refractivity contribution < 1.29 is 27.5 Å². The summed E-state index contributed by atoms with van der Waals surface area (Å²) in [6.45, 7) is 3.44. The molecule has 0 aliphatic heterocycles. The number of alkyl halides is 3. The number of esters is 1. The van der Waals surface area contributed by atoms with Gasteiger partial charge in [-0.15, -0.1) is 0 Å². The molecule has 1 fully saturated rings. The van der Waals surface area contributed by atoms with E-state index < -0.39 is 29.0 Å². The van der Waals surface area contributed by atoms with E-state index in [0.717, 1.165) is 12.1 Å². The Morgan fingerprint density at radius 2 is 1.75 bits per heavy atom. The second-order valence-corrected chi connectivity index (χ2v) is 6.78. The van der Waals surface area contributed by atoms with Gasteiger partial charge in [0.2, 0.25) is 0 Å². The van der Waals surface area contributed by atoms with E-state index in [4.69, 9.17) is 4.74 Å². The van der Waals surface area contributed by atoms with Gasteiger partial charge in [-0.1, -0.05) is 12.1 Å². The zero-order valence-corrected chi connectivity index (χ0v) is 13.9. The lowest BCUT2D eigenvalue weighted by atomic mass is 9.63. The van der Waals surface area contributed by atoms with Crippen molar-refractivity contribution in [3.05, 3.63) is 35.4 Å². The molecular formula is C18H21F3O3. The smallest absolute Gasteiger partial charge is 0.416 e. The molecule has 1 aromatic rings. The van der Waals surface area contributed by atoms with Crippen LogP contribution in [0.5, 0.6) is 0 Å². The number of halogens is 3. The molecule has 0 aromatic heterocycles. The van der Waals surface area contributed by atoms with Gasteiger partial charge in [-0.25, -0.2) is 0 Å². The number of hydrogen-bond acceptors (Lipinski definition) is 3. The molecule has 2 atom stereocenters. The molecule has 132 valence electrons. The highest BCUT2D eigenvalue weighted by Crippen LogP contribution is 2.46. The Hall–Kier alpha value is -1.85. The number of carbonyl (C=O) groups excluding carboxylic acids is 2. The van der Waals surface area contributed by atoms with Crippen LogP contribution in [0.3, 0.4) is 0 Å². The fraction of sp³-hybridized carbons (Fsp3) is 0.556. The molecule has 0 amide bonds. The van der Waals surface area contributed by atoms with Crippen LogP contribution in [0.15, 0.2) is 24.3 Å². The van der Waals surface area contributed by atoms with Crippen LogP contribution >= 0.6 is 0 Å². The van der Waals surface area contributed by atoms with E-state index in [9.17, 15) is 22.8 Å². The number of rotatable bonds is 3. The Balaban J connectivity index is 2.40. The first-order valence-corrected chi connectivity index (χ1v) is 7.87. The van der Waals surface area contributed by atoms with Crippen LogP contribution in [0.25, 0.3) is 0 Å². The number of ether oxygens (including phenoxy) is 1. The van der Waals surface area contributed by atoms with E-state index in [-0.39, 0.29) is 11.7 Å². The molecule has 1 aliphatic rings. The molecule has 1 aromatic carbocycles. The van der Waals surface area contributed by atoms with Gasteiger partial charge in [0.15, 0.2) is 0 Å². The van der Waals surface area contributed by atoms with Crippen molar-refractivity contribution in [2.45, 2.75) is 45.2 Å². The monoisotopic (exact) mass is 342 g/mol. The number of benzene rings is 1. The highest BCUT2D eigenvalue weighted by molar-refractivity contribution is 5.88. The Labute approximate surface area is 139 Å². The number of ketones is 1. The first-order chi connectivity index (χ1) is 11.1. The maximum absolute atomic E-state index is 12.7. The summed E-state index contributed by atoms with van der Waals surface area (Å²) in [5.74, 6) is -1.35. The molecule has 0 bridgehead atoms.